The van der Waals surface area contributed by atoms with Gasteiger partial charge in [-0.2, -0.15) is 0 Å². The van der Waals surface area contributed by atoms with Crippen molar-refractivity contribution in [1.82, 2.24) is 5.16 Å². The van der Waals surface area contributed by atoms with Crippen LogP contribution in [-0.2, 0) is 0 Å². The molecule has 1 aromatic carbocycles. The van der Waals surface area contributed by atoms with Gasteiger partial charge >= 0.3 is 4.94 Å². The third-order valence-electron chi connectivity index (χ3n) is 2.25. The molecular formula is C10H6N2O4S. The summed E-state index contributed by atoms with van der Waals surface area (Å²) in [7, 11) is 0. The highest BCUT2D eigenvalue weighted by Gasteiger charge is 2.13. The molecule has 0 radical (unpaired) electrons. The predicted octanol–water partition coefficient (Wildman–Crippen LogP) is 1.80. The Kier molecular flexibility index (Phi) is 1.96. The van der Waals surface area contributed by atoms with Gasteiger partial charge in [-0.15, -0.1) is 0 Å². The van der Waals surface area contributed by atoms with Gasteiger partial charge in [0.2, 0.25) is 5.88 Å². The molecule has 0 spiro atoms. The first kappa shape index (κ1) is 9.91. The van der Waals surface area contributed by atoms with Crippen molar-refractivity contribution in [1.29, 1.82) is 0 Å². The van der Waals surface area contributed by atoms with E-state index in [2.05, 4.69) is 5.16 Å². The van der Waals surface area contributed by atoms with Gasteiger partial charge in [0.25, 0.3) is 0 Å². The van der Waals surface area contributed by atoms with Gasteiger partial charge in [0.05, 0.1) is 4.70 Å². The number of hydrogen-bond acceptors (Lipinski definition) is 7. The maximum absolute atomic E-state index is 11.1. The van der Waals surface area contributed by atoms with Gasteiger partial charge < -0.3 is 19.8 Å². The summed E-state index contributed by atoms with van der Waals surface area (Å²) in [5, 5.41) is 13.5. The van der Waals surface area contributed by atoms with Crippen LogP contribution in [0.3, 0.4) is 0 Å². The van der Waals surface area contributed by atoms with Crippen LogP contribution in [0.15, 0.2) is 31.9 Å². The molecule has 0 aliphatic rings. The molecule has 0 aliphatic heterocycles. The molecule has 0 unspecified atom stereocenters. The van der Waals surface area contributed by atoms with E-state index in [1.165, 1.54) is 18.2 Å². The number of anilines is 1. The summed E-state index contributed by atoms with van der Waals surface area (Å²) in [6.07, 6.45) is 0. The molecule has 2 heterocycles. The molecule has 0 saturated carbocycles. The summed E-state index contributed by atoms with van der Waals surface area (Å²) in [5.41, 5.74) is 6.59. The zero-order chi connectivity index (χ0) is 12.0. The first-order valence-corrected chi connectivity index (χ1v) is 5.44. The number of aromatic nitrogens is 1. The largest absolute Gasteiger partial charge is 0.507 e. The smallest absolute Gasteiger partial charge is 0.396 e. The minimum Gasteiger partial charge on any atom is -0.507 e. The fourth-order valence-corrected chi connectivity index (χ4v) is 2.21. The maximum Gasteiger partial charge on any atom is 0.396 e. The molecule has 0 fully saturated rings. The number of phenolic OH excluding ortho intramolecular Hbond substituents is 1. The minimum absolute atomic E-state index is 0.0112. The third kappa shape index (κ3) is 1.56. The van der Waals surface area contributed by atoms with Gasteiger partial charge in [-0.3, -0.25) is 0 Å². The lowest BCUT2D eigenvalue weighted by molar-refractivity contribution is 0.437. The number of fused-ring (bicyclic) bond motifs is 1. The fourth-order valence-electron chi connectivity index (χ4n) is 1.53. The molecule has 3 N–H and O–H groups in total. The van der Waals surface area contributed by atoms with Crippen molar-refractivity contribution >= 4 is 27.5 Å². The van der Waals surface area contributed by atoms with Crippen LogP contribution in [0.5, 0.6) is 5.75 Å². The van der Waals surface area contributed by atoms with Crippen molar-refractivity contribution in [2.45, 2.75) is 0 Å². The summed E-state index contributed by atoms with van der Waals surface area (Å²) in [4.78, 5) is 10.6. The lowest BCUT2D eigenvalue weighted by Gasteiger charge is -1.99. The van der Waals surface area contributed by atoms with Crippen molar-refractivity contribution < 1.29 is 14.0 Å². The highest BCUT2D eigenvalue weighted by atomic mass is 32.1. The molecule has 0 amide bonds. The Hall–Kier alpha value is -2.28. The lowest BCUT2D eigenvalue weighted by Crippen LogP contribution is -1.80. The molecule has 17 heavy (non-hydrogen) atoms. The Morgan fingerprint density at radius 3 is 2.88 bits per heavy atom. The Morgan fingerprint density at radius 2 is 2.18 bits per heavy atom. The number of nitrogens with zero attached hydrogens (tertiary/aromatic N) is 1. The van der Waals surface area contributed by atoms with Gasteiger partial charge in [0.1, 0.15) is 17.0 Å². The molecule has 0 atom stereocenters. The van der Waals surface area contributed by atoms with Crippen molar-refractivity contribution in [3.63, 3.8) is 0 Å². The Morgan fingerprint density at radius 1 is 1.35 bits per heavy atom. The molecule has 2 aromatic heterocycles. The first-order valence-electron chi connectivity index (χ1n) is 4.63. The molecule has 3 rings (SSSR count). The van der Waals surface area contributed by atoms with E-state index in [9.17, 15) is 9.90 Å². The molecule has 3 aromatic rings. The molecule has 0 aliphatic carbocycles. The maximum atomic E-state index is 11.1. The van der Waals surface area contributed by atoms with Crippen LogP contribution in [0.1, 0.15) is 0 Å². The Labute approximate surface area is 97.9 Å². The van der Waals surface area contributed by atoms with Crippen LogP contribution in [0, 0.1) is 0 Å². The van der Waals surface area contributed by atoms with E-state index in [0.717, 1.165) is 11.3 Å². The normalized spacial score (nSPS) is 11.1. The van der Waals surface area contributed by atoms with Gasteiger partial charge in [0, 0.05) is 17.7 Å². The van der Waals surface area contributed by atoms with Crippen molar-refractivity contribution in [2.75, 3.05) is 5.73 Å². The van der Waals surface area contributed by atoms with E-state index >= 15 is 0 Å². The second-order valence-corrected chi connectivity index (χ2v) is 4.36. The summed E-state index contributed by atoms with van der Waals surface area (Å²) < 4.78 is 10.2. The van der Waals surface area contributed by atoms with Gasteiger partial charge in [-0.25, -0.2) is 4.79 Å². The standard InChI is InChI=1S/C10H6N2O4S/c11-9-2-5(12-16-9)4-1-7-8(3-6(4)13)17-10(14)15-7/h1-3,13H,11H2. The molecule has 86 valence electrons. The topological polar surface area (TPSA) is 102 Å². The van der Waals surface area contributed by atoms with Crippen molar-refractivity contribution in [3.05, 3.63) is 27.9 Å². The second-order valence-electron chi connectivity index (χ2n) is 3.38. The number of nitrogen functional groups attached to an aromatic ring is 1. The quantitative estimate of drug-likeness (QED) is 0.682. The van der Waals surface area contributed by atoms with Crippen LogP contribution in [0.25, 0.3) is 21.5 Å². The van der Waals surface area contributed by atoms with E-state index in [-0.39, 0.29) is 11.6 Å². The second kappa shape index (κ2) is 3.36. The highest BCUT2D eigenvalue weighted by Crippen LogP contribution is 2.34. The third-order valence-corrected chi connectivity index (χ3v) is 3.04. The molecule has 0 bridgehead atoms. The molecule has 7 heteroatoms. The average molecular weight is 250 g/mol. The average Bonchev–Trinajstić information content (AvgIpc) is 2.82. The van der Waals surface area contributed by atoms with Crippen LogP contribution >= 0.6 is 11.3 Å². The van der Waals surface area contributed by atoms with Crippen LogP contribution in [0.4, 0.5) is 5.88 Å². The number of phenols is 1. The number of nitrogens with two attached hydrogens (primary N) is 1. The van der Waals surface area contributed by atoms with Crippen LogP contribution in [0.2, 0.25) is 0 Å². The molecule has 6 nitrogen and oxygen atoms in total. The van der Waals surface area contributed by atoms with Crippen molar-refractivity contribution in [3.8, 4) is 17.0 Å². The first-order chi connectivity index (χ1) is 8.13. The SMILES string of the molecule is Nc1cc(-c2cc3oc(=O)sc3cc2O)no1. The number of rotatable bonds is 1. The van der Waals surface area contributed by atoms with Crippen LogP contribution in [-0.4, -0.2) is 10.3 Å². The minimum atomic E-state index is -0.420. The van der Waals surface area contributed by atoms with Gasteiger partial charge in [-0.05, 0) is 6.07 Å². The Balaban J connectivity index is 2.29. The zero-order valence-corrected chi connectivity index (χ0v) is 9.15. The Bertz CT molecular complexity index is 755. The van der Waals surface area contributed by atoms with Gasteiger partial charge in [0.15, 0.2) is 0 Å². The van der Waals surface area contributed by atoms with E-state index in [1.807, 2.05) is 0 Å². The summed E-state index contributed by atoms with van der Waals surface area (Å²) in [6, 6.07) is 4.45. The lowest BCUT2D eigenvalue weighted by atomic mass is 10.1. The highest BCUT2D eigenvalue weighted by molar-refractivity contribution is 7.16. The summed E-state index contributed by atoms with van der Waals surface area (Å²) >= 11 is 0.925. The van der Waals surface area contributed by atoms with E-state index in [1.54, 1.807) is 0 Å². The van der Waals surface area contributed by atoms with E-state index in [0.29, 0.717) is 21.5 Å². The van der Waals surface area contributed by atoms with E-state index < -0.39 is 4.94 Å². The van der Waals surface area contributed by atoms with Crippen molar-refractivity contribution in [2.24, 2.45) is 0 Å². The van der Waals surface area contributed by atoms with Crippen LogP contribution < -0.4 is 10.7 Å². The van der Waals surface area contributed by atoms with Gasteiger partial charge in [-0.1, -0.05) is 16.5 Å². The fraction of sp³-hybridized carbons (Fsp3) is 0. The zero-order valence-electron chi connectivity index (χ0n) is 8.34. The number of benzene rings is 1. The monoisotopic (exact) mass is 250 g/mol. The summed E-state index contributed by atoms with van der Waals surface area (Å²) in [5.74, 6) is 0.133. The number of aromatic hydroxyl groups is 1. The summed E-state index contributed by atoms with van der Waals surface area (Å²) in [6.45, 7) is 0. The number of hydrogen-bond donors (Lipinski definition) is 2. The van der Waals surface area contributed by atoms with E-state index in [4.69, 9.17) is 14.7 Å². The predicted molar refractivity (Wildman–Crippen MR) is 61.9 cm³/mol. The molecular weight excluding hydrogens is 244 g/mol. The molecule has 0 saturated heterocycles.